The molecule has 186 valence electrons. The van der Waals surface area contributed by atoms with Crippen molar-refractivity contribution in [2.75, 3.05) is 12.4 Å². The van der Waals surface area contributed by atoms with Crippen LogP contribution in [0.15, 0.2) is 36.4 Å². The van der Waals surface area contributed by atoms with E-state index in [0.717, 1.165) is 16.7 Å². The summed E-state index contributed by atoms with van der Waals surface area (Å²) >= 11 is 0. The summed E-state index contributed by atoms with van der Waals surface area (Å²) in [6.07, 6.45) is 1.27. The molecule has 0 saturated carbocycles. The van der Waals surface area contributed by atoms with E-state index in [1.165, 1.54) is 12.1 Å². The summed E-state index contributed by atoms with van der Waals surface area (Å²) in [7, 11) is 1.58. The normalized spacial score (nSPS) is 14.2. The molecule has 2 aromatic carbocycles. The van der Waals surface area contributed by atoms with Crippen LogP contribution in [0.5, 0.6) is 0 Å². The van der Waals surface area contributed by atoms with E-state index in [4.69, 9.17) is 0 Å². The molecule has 4 rings (SSSR count). The molecule has 0 aliphatic heterocycles. The summed E-state index contributed by atoms with van der Waals surface area (Å²) in [6.45, 7) is 3.58. The molecule has 3 aromatic rings. The maximum Gasteiger partial charge on any atom is 0.335 e. The van der Waals surface area contributed by atoms with E-state index in [9.17, 15) is 23.9 Å². The largest absolute Gasteiger partial charge is 0.478 e. The van der Waals surface area contributed by atoms with Crippen LogP contribution in [0, 0.1) is 19.7 Å². The fourth-order valence-corrected chi connectivity index (χ4v) is 4.38. The third kappa shape index (κ3) is 5.02. The van der Waals surface area contributed by atoms with Crippen LogP contribution in [-0.2, 0) is 13.0 Å². The number of anilines is 1. The van der Waals surface area contributed by atoms with Crippen LogP contribution in [0.25, 0.3) is 0 Å². The first-order valence-electron chi connectivity index (χ1n) is 11.4. The van der Waals surface area contributed by atoms with Crippen LogP contribution in [-0.4, -0.2) is 39.9 Å². The molecule has 1 aromatic heterocycles. The number of rotatable bonds is 7. The number of halogens is 1. The molecule has 2 amide bonds. The highest BCUT2D eigenvalue weighted by molar-refractivity contribution is 5.98. The molecule has 36 heavy (non-hydrogen) atoms. The molecular formula is C26H26FN5O4. The highest BCUT2D eigenvalue weighted by Crippen LogP contribution is 2.34. The standard InChI is InChI=1S/C26H26FN5O4/c1-13-10-15(4-8-19(13)27)12-29-23(33)21-11-22(32-26(28-3)31-21)24(34)30-20-9-7-16-14(2)17(25(35)36)5-6-18(16)20/h4-6,8,10-11,20H,7,9,12H2,1-3H3,(H,29,33)(H,30,34)(H,35,36)(H,28,31,32)/t20-/m0/s1. The van der Waals surface area contributed by atoms with Gasteiger partial charge in [0.05, 0.1) is 11.6 Å². The first kappa shape index (κ1) is 24.8. The third-order valence-corrected chi connectivity index (χ3v) is 6.32. The average Bonchev–Trinajstić information content (AvgIpc) is 3.27. The van der Waals surface area contributed by atoms with Crippen LogP contribution in [0.4, 0.5) is 10.3 Å². The van der Waals surface area contributed by atoms with Crippen molar-refractivity contribution in [2.45, 2.75) is 39.3 Å². The van der Waals surface area contributed by atoms with Crippen molar-refractivity contribution >= 4 is 23.7 Å². The molecule has 1 heterocycles. The van der Waals surface area contributed by atoms with E-state index in [1.807, 2.05) is 0 Å². The van der Waals surface area contributed by atoms with Crippen molar-refractivity contribution in [3.05, 3.63) is 87.0 Å². The van der Waals surface area contributed by atoms with Crippen LogP contribution in [0.1, 0.15) is 71.6 Å². The van der Waals surface area contributed by atoms with Crippen molar-refractivity contribution < 1.29 is 23.9 Å². The van der Waals surface area contributed by atoms with E-state index >= 15 is 0 Å². The Morgan fingerprint density at radius 2 is 1.78 bits per heavy atom. The Labute approximate surface area is 207 Å². The number of aromatic nitrogens is 2. The van der Waals surface area contributed by atoms with E-state index < -0.39 is 17.8 Å². The number of amides is 2. The number of nitrogens with one attached hydrogen (secondary N) is 3. The Balaban J connectivity index is 1.50. The van der Waals surface area contributed by atoms with Crippen molar-refractivity contribution in [1.29, 1.82) is 0 Å². The minimum Gasteiger partial charge on any atom is -0.478 e. The molecule has 0 saturated heterocycles. The van der Waals surface area contributed by atoms with Crippen LogP contribution in [0.3, 0.4) is 0 Å². The molecule has 0 spiro atoms. The zero-order valence-corrected chi connectivity index (χ0v) is 20.1. The maximum atomic E-state index is 13.5. The Kier molecular flexibility index (Phi) is 6.96. The fraction of sp³-hybridized carbons (Fsp3) is 0.269. The highest BCUT2D eigenvalue weighted by atomic mass is 19.1. The Bertz CT molecular complexity index is 1370. The Morgan fingerprint density at radius 3 is 2.44 bits per heavy atom. The predicted molar refractivity (Wildman–Crippen MR) is 131 cm³/mol. The molecule has 0 unspecified atom stereocenters. The van der Waals surface area contributed by atoms with Gasteiger partial charge in [0.15, 0.2) is 0 Å². The molecule has 1 atom stereocenters. The average molecular weight is 492 g/mol. The van der Waals surface area contributed by atoms with Gasteiger partial charge in [0.1, 0.15) is 17.2 Å². The molecule has 0 bridgehead atoms. The van der Waals surface area contributed by atoms with E-state index in [0.29, 0.717) is 24.0 Å². The van der Waals surface area contributed by atoms with Crippen LogP contribution >= 0.6 is 0 Å². The van der Waals surface area contributed by atoms with Crippen LogP contribution in [0.2, 0.25) is 0 Å². The number of carboxylic acids is 1. The number of carboxylic acid groups (broad SMARTS) is 1. The number of fused-ring (bicyclic) bond motifs is 1. The quantitative estimate of drug-likeness (QED) is 0.398. The number of benzene rings is 2. The smallest absolute Gasteiger partial charge is 0.335 e. The number of nitrogens with zero attached hydrogens (tertiary/aromatic N) is 2. The summed E-state index contributed by atoms with van der Waals surface area (Å²) in [5.41, 5.74) is 3.98. The number of aromatic carboxylic acids is 1. The second kappa shape index (κ2) is 10.1. The Hall–Kier alpha value is -4.34. The molecule has 4 N–H and O–H groups in total. The molecule has 9 nitrogen and oxygen atoms in total. The Morgan fingerprint density at radius 1 is 1.06 bits per heavy atom. The SMILES string of the molecule is CNc1nc(C(=O)NCc2ccc(F)c(C)c2)cc(C(=O)N[C@H]2CCc3c2ccc(C(=O)O)c3C)n1. The van der Waals surface area contributed by atoms with Crippen molar-refractivity contribution in [1.82, 2.24) is 20.6 Å². The summed E-state index contributed by atoms with van der Waals surface area (Å²) < 4.78 is 13.5. The lowest BCUT2D eigenvalue weighted by atomic mass is 9.98. The van der Waals surface area contributed by atoms with E-state index in [1.54, 1.807) is 45.2 Å². The first-order valence-corrected chi connectivity index (χ1v) is 11.4. The summed E-state index contributed by atoms with van der Waals surface area (Å²) in [5.74, 6) is -2.18. The zero-order valence-electron chi connectivity index (χ0n) is 20.1. The van der Waals surface area contributed by atoms with Gasteiger partial charge in [-0.25, -0.2) is 19.2 Å². The van der Waals surface area contributed by atoms with Gasteiger partial charge in [-0.05, 0) is 66.6 Å². The van der Waals surface area contributed by atoms with E-state index in [2.05, 4.69) is 25.9 Å². The zero-order chi connectivity index (χ0) is 26.0. The van der Waals surface area contributed by atoms with Crippen molar-refractivity contribution in [3.63, 3.8) is 0 Å². The minimum absolute atomic E-state index is 0.00657. The van der Waals surface area contributed by atoms with Gasteiger partial charge in [-0.2, -0.15) is 0 Å². The second-order valence-corrected chi connectivity index (χ2v) is 8.65. The minimum atomic E-state index is -0.983. The van der Waals surface area contributed by atoms with Gasteiger partial charge in [0, 0.05) is 19.7 Å². The number of carbonyl (C=O) groups is 3. The molecular weight excluding hydrogens is 465 g/mol. The predicted octanol–water partition coefficient (Wildman–Crippen LogP) is 3.32. The van der Waals surface area contributed by atoms with Gasteiger partial charge in [-0.3, -0.25) is 9.59 Å². The lowest BCUT2D eigenvalue weighted by Gasteiger charge is -2.16. The second-order valence-electron chi connectivity index (χ2n) is 8.65. The lowest BCUT2D eigenvalue weighted by molar-refractivity contribution is 0.0695. The number of hydrogen-bond donors (Lipinski definition) is 4. The molecule has 1 aliphatic rings. The summed E-state index contributed by atoms with van der Waals surface area (Å²) in [6, 6.07) is 8.87. The third-order valence-electron chi connectivity index (χ3n) is 6.32. The van der Waals surface area contributed by atoms with Crippen molar-refractivity contribution in [3.8, 4) is 0 Å². The summed E-state index contributed by atoms with van der Waals surface area (Å²) in [5, 5.41) is 17.8. The summed E-state index contributed by atoms with van der Waals surface area (Å²) in [4.78, 5) is 45.6. The van der Waals surface area contributed by atoms with E-state index in [-0.39, 0.29) is 41.3 Å². The molecule has 0 fully saturated rings. The maximum absolute atomic E-state index is 13.5. The van der Waals surface area contributed by atoms with Gasteiger partial charge in [-0.1, -0.05) is 18.2 Å². The van der Waals surface area contributed by atoms with Gasteiger partial charge in [0.25, 0.3) is 11.8 Å². The molecule has 1 aliphatic carbocycles. The monoisotopic (exact) mass is 491 g/mol. The fourth-order valence-electron chi connectivity index (χ4n) is 4.38. The number of carbonyl (C=O) groups excluding carboxylic acids is 2. The first-order chi connectivity index (χ1) is 17.2. The number of hydrogen-bond acceptors (Lipinski definition) is 6. The highest BCUT2D eigenvalue weighted by Gasteiger charge is 2.28. The van der Waals surface area contributed by atoms with Gasteiger partial charge < -0.3 is 21.1 Å². The van der Waals surface area contributed by atoms with Crippen LogP contribution < -0.4 is 16.0 Å². The molecule has 10 heteroatoms. The number of aryl methyl sites for hydroxylation is 1. The molecule has 0 radical (unpaired) electrons. The van der Waals surface area contributed by atoms with Gasteiger partial charge >= 0.3 is 5.97 Å². The topological polar surface area (TPSA) is 133 Å². The van der Waals surface area contributed by atoms with Gasteiger partial charge in [0.2, 0.25) is 5.95 Å². The lowest BCUT2D eigenvalue weighted by Crippen LogP contribution is -2.30. The van der Waals surface area contributed by atoms with Gasteiger partial charge in [-0.15, -0.1) is 0 Å². The van der Waals surface area contributed by atoms with Crippen molar-refractivity contribution in [2.24, 2.45) is 0 Å².